The minimum atomic E-state index is -0.754. The average Bonchev–Trinajstić information content (AvgIpc) is 2.41. The molecule has 0 atom stereocenters. The van der Waals surface area contributed by atoms with Crippen LogP contribution in [-0.4, -0.2) is 5.91 Å². The number of nitrogens with two attached hydrogens (primary N) is 2. The number of halogens is 4. The van der Waals surface area contributed by atoms with Crippen LogP contribution in [0.2, 0.25) is 10.0 Å². The van der Waals surface area contributed by atoms with Gasteiger partial charge in [0.1, 0.15) is 5.82 Å². The summed E-state index contributed by atoms with van der Waals surface area (Å²) in [5.41, 5.74) is 11.1. The molecule has 2 aromatic rings. The second kappa shape index (κ2) is 6.09. The summed E-state index contributed by atoms with van der Waals surface area (Å²) in [6.45, 7) is 0. The maximum atomic E-state index is 13.9. The molecule has 2 rings (SSSR count). The van der Waals surface area contributed by atoms with Crippen molar-refractivity contribution in [1.82, 2.24) is 0 Å². The van der Waals surface area contributed by atoms with Gasteiger partial charge in [-0.3, -0.25) is 4.79 Å². The lowest BCUT2D eigenvalue weighted by Gasteiger charge is -2.13. The van der Waals surface area contributed by atoms with Gasteiger partial charge in [-0.1, -0.05) is 23.2 Å². The number of benzene rings is 2. The van der Waals surface area contributed by atoms with Gasteiger partial charge in [-0.25, -0.2) is 4.39 Å². The lowest BCUT2D eigenvalue weighted by molar-refractivity contribution is 0.100. The molecule has 2 aromatic carbocycles. The Kier molecular flexibility index (Phi) is 4.61. The lowest BCUT2D eigenvalue weighted by atomic mass is 10.1. The first-order chi connectivity index (χ1) is 9.81. The van der Waals surface area contributed by atoms with E-state index in [4.69, 9.17) is 34.7 Å². The fourth-order valence-corrected chi connectivity index (χ4v) is 2.49. The molecule has 0 radical (unpaired) electrons. The van der Waals surface area contributed by atoms with Crippen LogP contribution in [0.5, 0.6) is 0 Å². The van der Waals surface area contributed by atoms with Gasteiger partial charge < -0.3 is 16.8 Å². The lowest BCUT2D eigenvalue weighted by Crippen LogP contribution is -2.14. The molecule has 0 unspecified atom stereocenters. The Morgan fingerprint density at radius 3 is 2.48 bits per heavy atom. The molecule has 5 N–H and O–H groups in total. The highest BCUT2D eigenvalue weighted by Crippen LogP contribution is 2.37. The van der Waals surface area contributed by atoms with Crippen molar-refractivity contribution in [2.24, 2.45) is 5.73 Å². The topological polar surface area (TPSA) is 81.1 Å². The molecule has 110 valence electrons. The molecule has 21 heavy (non-hydrogen) atoms. The molecule has 0 bridgehead atoms. The van der Waals surface area contributed by atoms with Crippen LogP contribution in [0.1, 0.15) is 10.4 Å². The molecule has 0 heterocycles. The number of amides is 1. The fraction of sp³-hybridized carbons (Fsp3) is 0. The first-order valence-corrected chi connectivity index (χ1v) is 7.15. The minimum absolute atomic E-state index is 0.0123. The van der Waals surface area contributed by atoms with Crippen LogP contribution >= 0.6 is 39.1 Å². The Morgan fingerprint density at radius 2 is 1.86 bits per heavy atom. The van der Waals surface area contributed by atoms with Crippen LogP contribution in [0.3, 0.4) is 0 Å². The van der Waals surface area contributed by atoms with E-state index in [1.54, 1.807) is 12.1 Å². The standard InChI is InChI=1S/C13H9BrCl2FN3O/c14-6-1-2-9(12(16)11(6)15)20-10-3-5(13(19)21)8(18)4-7(10)17/h1-4,20H,18H2,(H2,19,21). The van der Waals surface area contributed by atoms with Gasteiger partial charge in [0.2, 0.25) is 0 Å². The molecule has 1 amide bonds. The summed E-state index contributed by atoms with van der Waals surface area (Å²) in [4.78, 5) is 11.2. The Bertz CT molecular complexity index is 740. The summed E-state index contributed by atoms with van der Waals surface area (Å²) in [6.07, 6.45) is 0. The Hall–Kier alpha value is -1.50. The van der Waals surface area contributed by atoms with E-state index in [-0.39, 0.29) is 27.0 Å². The van der Waals surface area contributed by atoms with Crippen molar-refractivity contribution in [2.75, 3.05) is 11.1 Å². The maximum absolute atomic E-state index is 13.9. The zero-order valence-corrected chi connectivity index (χ0v) is 13.5. The number of nitrogen functional groups attached to an aromatic ring is 1. The van der Waals surface area contributed by atoms with E-state index in [0.29, 0.717) is 10.2 Å². The summed E-state index contributed by atoms with van der Waals surface area (Å²) in [5, 5.41) is 3.25. The molecule has 0 spiro atoms. The molecule has 0 fully saturated rings. The molecule has 4 nitrogen and oxygen atoms in total. The number of hydrogen-bond acceptors (Lipinski definition) is 3. The van der Waals surface area contributed by atoms with Gasteiger partial charge in [0.15, 0.2) is 0 Å². The van der Waals surface area contributed by atoms with E-state index in [1.807, 2.05) is 0 Å². The monoisotopic (exact) mass is 391 g/mol. The zero-order chi connectivity index (χ0) is 15.7. The largest absolute Gasteiger partial charge is 0.398 e. The SMILES string of the molecule is NC(=O)c1cc(Nc2ccc(Br)c(Cl)c2Cl)c(F)cc1N. The van der Waals surface area contributed by atoms with E-state index in [2.05, 4.69) is 21.2 Å². The van der Waals surface area contributed by atoms with Gasteiger partial charge in [-0.15, -0.1) is 0 Å². The highest BCUT2D eigenvalue weighted by molar-refractivity contribution is 9.10. The molecule has 8 heteroatoms. The van der Waals surface area contributed by atoms with Crippen molar-refractivity contribution in [3.8, 4) is 0 Å². The van der Waals surface area contributed by atoms with Crippen LogP contribution in [0, 0.1) is 5.82 Å². The van der Waals surface area contributed by atoms with Crippen molar-refractivity contribution in [3.05, 3.63) is 50.2 Å². The van der Waals surface area contributed by atoms with Crippen LogP contribution in [0.4, 0.5) is 21.5 Å². The summed E-state index contributed by atoms with van der Waals surface area (Å²) in [6, 6.07) is 5.49. The van der Waals surface area contributed by atoms with E-state index in [1.165, 1.54) is 6.07 Å². The molecule has 0 aliphatic rings. The number of anilines is 3. The second-order valence-electron chi connectivity index (χ2n) is 4.13. The fourth-order valence-electron chi connectivity index (χ4n) is 1.67. The van der Waals surface area contributed by atoms with E-state index < -0.39 is 11.7 Å². The predicted octanol–water partition coefficient (Wildman–Crippen LogP) is 4.32. The molecule has 0 aliphatic carbocycles. The maximum Gasteiger partial charge on any atom is 0.250 e. The highest BCUT2D eigenvalue weighted by Gasteiger charge is 2.14. The van der Waals surface area contributed by atoms with Crippen LogP contribution < -0.4 is 16.8 Å². The second-order valence-corrected chi connectivity index (χ2v) is 5.74. The number of hydrogen-bond donors (Lipinski definition) is 3. The highest BCUT2D eigenvalue weighted by atomic mass is 79.9. The average molecular weight is 393 g/mol. The summed E-state index contributed by atoms with van der Waals surface area (Å²) >= 11 is 15.3. The van der Waals surface area contributed by atoms with Gasteiger partial charge in [0.05, 0.1) is 27.0 Å². The molecular formula is C13H9BrCl2FN3O. The van der Waals surface area contributed by atoms with E-state index in [9.17, 15) is 9.18 Å². The third-order valence-corrected chi connectivity index (χ3v) is 4.48. The number of primary amides is 1. The third-order valence-electron chi connectivity index (χ3n) is 2.71. The Labute approximate surface area is 138 Å². The van der Waals surface area contributed by atoms with Gasteiger partial charge in [0.25, 0.3) is 5.91 Å². The number of carbonyl (C=O) groups is 1. The van der Waals surface area contributed by atoms with E-state index >= 15 is 0 Å². The van der Waals surface area contributed by atoms with Gasteiger partial charge >= 0.3 is 0 Å². The van der Waals surface area contributed by atoms with Crippen LogP contribution in [0.15, 0.2) is 28.7 Å². The van der Waals surface area contributed by atoms with Gasteiger partial charge in [0, 0.05) is 10.2 Å². The Balaban J connectivity index is 2.47. The van der Waals surface area contributed by atoms with Crippen LogP contribution in [-0.2, 0) is 0 Å². The summed E-state index contributed by atoms with van der Waals surface area (Å²) in [7, 11) is 0. The molecule has 0 aliphatic heterocycles. The number of nitrogens with one attached hydrogen (secondary N) is 1. The van der Waals surface area contributed by atoms with Crippen molar-refractivity contribution < 1.29 is 9.18 Å². The van der Waals surface area contributed by atoms with Crippen LogP contribution in [0.25, 0.3) is 0 Å². The molecule has 0 saturated heterocycles. The minimum Gasteiger partial charge on any atom is -0.398 e. The smallest absolute Gasteiger partial charge is 0.250 e. The molecule has 0 aromatic heterocycles. The van der Waals surface area contributed by atoms with Gasteiger partial charge in [-0.2, -0.15) is 0 Å². The summed E-state index contributed by atoms with van der Waals surface area (Å²) < 4.78 is 14.5. The van der Waals surface area contributed by atoms with Gasteiger partial charge in [-0.05, 0) is 40.2 Å². The van der Waals surface area contributed by atoms with Crippen molar-refractivity contribution >= 4 is 62.1 Å². The number of carbonyl (C=O) groups excluding carboxylic acids is 1. The third kappa shape index (κ3) is 3.23. The normalized spacial score (nSPS) is 10.5. The molecule has 0 saturated carbocycles. The predicted molar refractivity (Wildman–Crippen MR) is 86.8 cm³/mol. The van der Waals surface area contributed by atoms with E-state index in [0.717, 1.165) is 6.07 Å². The van der Waals surface area contributed by atoms with Crippen molar-refractivity contribution in [2.45, 2.75) is 0 Å². The van der Waals surface area contributed by atoms with Crippen molar-refractivity contribution in [3.63, 3.8) is 0 Å². The zero-order valence-electron chi connectivity index (χ0n) is 10.4. The molecular weight excluding hydrogens is 384 g/mol. The number of rotatable bonds is 3. The first kappa shape index (κ1) is 15.9. The summed E-state index contributed by atoms with van der Waals surface area (Å²) in [5.74, 6) is -1.40. The quantitative estimate of drug-likeness (QED) is 0.537. The Morgan fingerprint density at radius 1 is 1.19 bits per heavy atom. The first-order valence-electron chi connectivity index (χ1n) is 5.60. The van der Waals surface area contributed by atoms with Crippen molar-refractivity contribution in [1.29, 1.82) is 0 Å².